The second-order valence-electron chi connectivity index (χ2n) is 6.56. The van der Waals surface area contributed by atoms with Crippen LogP contribution in [0.4, 0.5) is 0 Å². The number of nitrogens with one attached hydrogen (secondary N) is 2. The van der Waals surface area contributed by atoms with E-state index in [4.69, 9.17) is 4.74 Å². The summed E-state index contributed by atoms with van der Waals surface area (Å²) in [5.74, 6) is 0.778. The number of carbonyl (C=O) groups excluding carboxylic acids is 2. The minimum Gasteiger partial charge on any atom is -0.496 e. The number of benzene rings is 1. The fourth-order valence-corrected chi connectivity index (χ4v) is 3.87. The summed E-state index contributed by atoms with van der Waals surface area (Å²) in [6, 6.07) is 7.70. The monoisotopic (exact) mass is 316 g/mol. The Balaban J connectivity index is 1.74. The van der Waals surface area contributed by atoms with Crippen molar-refractivity contribution in [3.63, 3.8) is 0 Å². The summed E-state index contributed by atoms with van der Waals surface area (Å²) < 4.78 is 5.53. The van der Waals surface area contributed by atoms with Crippen molar-refractivity contribution in [2.75, 3.05) is 13.7 Å². The Morgan fingerprint density at radius 1 is 1.35 bits per heavy atom. The van der Waals surface area contributed by atoms with Gasteiger partial charge in [0.25, 0.3) is 0 Å². The summed E-state index contributed by atoms with van der Waals surface area (Å²) in [6.45, 7) is 0.596. The molecule has 3 rings (SSSR count). The smallest absolute Gasteiger partial charge is 0.242 e. The summed E-state index contributed by atoms with van der Waals surface area (Å²) >= 11 is 0. The van der Waals surface area contributed by atoms with Crippen molar-refractivity contribution >= 4 is 11.8 Å². The highest BCUT2D eigenvalue weighted by Crippen LogP contribution is 2.44. The molecule has 1 aromatic carbocycles. The van der Waals surface area contributed by atoms with Crippen molar-refractivity contribution in [1.29, 1.82) is 0 Å². The zero-order chi connectivity index (χ0) is 16.3. The zero-order valence-corrected chi connectivity index (χ0v) is 13.6. The SMILES string of the molecule is COc1ccccc1C1(CNC(=O)[C@@H]2CCC(=O)N2)CCCC1. The molecule has 1 saturated carbocycles. The molecule has 0 aromatic heterocycles. The van der Waals surface area contributed by atoms with Gasteiger partial charge in [-0.05, 0) is 25.3 Å². The van der Waals surface area contributed by atoms with Gasteiger partial charge < -0.3 is 15.4 Å². The first kappa shape index (κ1) is 15.8. The highest BCUT2D eigenvalue weighted by Gasteiger charge is 2.38. The van der Waals surface area contributed by atoms with Gasteiger partial charge in [-0.3, -0.25) is 9.59 Å². The topological polar surface area (TPSA) is 67.4 Å². The maximum absolute atomic E-state index is 12.3. The van der Waals surface area contributed by atoms with E-state index in [1.165, 1.54) is 5.56 Å². The number of carbonyl (C=O) groups is 2. The van der Waals surface area contributed by atoms with Gasteiger partial charge in [0.05, 0.1) is 7.11 Å². The largest absolute Gasteiger partial charge is 0.496 e. The van der Waals surface area contributed by atoms with Crippen LogP contribution in [0.25, 0.3) is 0 Å². The van der Waals surface area contributed by atoms with Crippen LogP contribution in [0.15, 0.2) is 24.3 Å². The molecule has 1 heterocycles. The fourth-order valence-electron chi connectivity index (χ4n) is 3.87. The molecule has 5 nitrogen and oxygen atoms in total. The van der Waals surface area contributed by atoms with E-state index in [9.17, 15) is 9.59 Å². The van der Waals surface area contributed by atoms with Crippen LogP contribution in [0.2, 0.25) is 0 Å². The molecular formula is C18H24N2O3. The van der Waals surface area contributed by atoms with Gasteiger partial charge in [0, 0.05) is 23.9 Å². The van der Waals surface area contributed by atoms with Gasteiger partial charge in [-0.15, -0.1) is 0 Å². The molecule has 0 unspecified atom stereocenters. The molecule has 2 N–H and O–H groups in total. The van der Waals surface area contributed by atoms with E-state index in [2.05, 4.69) is 16.7 Å². The number of amides is 2. The Morgan fingerprint density at radius 3 is 2.74 bits per heavy atom. The molecule has 2 aliphatic rings. The Morgan fingerprint density at radius 2 is 2.09 bits per heavy atom. The van der Waals surface area contributed by atoms with E-state index in [-0.39, 0.29) is 23.3 Å². The maximum Gasteiger partial charge on any atom is 0.242 e. The average Bonchev–Trinajstić information content (AvgIpc) is 3.22. The first-order valence-corrected chi connectivity index (χ1v) is 8.35. The highest BCUT2D eigenvalue weighted by atomic mass is 16.5. The van der Waals surface area contributed by atoms with Crippen molar-refractivity contribution in [1.82, 2.24) is 10.6 Å². The highest BCUT2D eigenvalue weighted by molar-refractivity contribution is 5.90. The van der Waals surface area contributed by atoms with Gasteiger partial charge in [0.2, 0.25) is 11.8 Å². The van der Waals surface area contributed by atoms with Crippen LogP contribution < -0.4 is 15.4 Å². The predicted octanol–water partition coefficient (Wildman–Crippen LogP) is 1.90. The second-order valence-corrected chi connectivity index (χ2v) is 6.56. The molecule has 1 saturated heterocycles. The summed E-state index contributed by atoms with van der Waals surface area (Å²) in [5.41, 5.74) is 1.11. The van der Waals surface area contributed by atoms with Gasteiger partial charge in [-0.1, -0.05) is 31.0 Å². The number of rotatable bonds is 5. The van der Waals surface area contributed by atoms with Gasteiger partial charge in [0.15, 0.2) is 0 Å². The van der Waals surface area contributed by atoms with Crippen LogP contribution in [-0.4, -0.2) is 31.5 Å². The van der Waals surface area contributed by atoms with Crippen molar-refractivity contribution in [2.45, 2.75) is 50.0 Å². The van der Waals surface area contributed by atoms with E-state index >= 15 is 0 Å². The van der Waals surface area contributed by atoms with E-state index in [0.717, 1.165) is 31.4 Å². The van der Waals surface area contributed by atoms with Gasteiger partial charge in [-0.2, -0.15) is 0 Å². The lowest BCUT2D eigenvalue weighted by Gasteiger charge is -2.31. The zero-order valence-electron chi connectivity index (χ0n) is 13.6. The molecule has 1 atom stereocenters. The number of ether oxygens (including phenoxy) is 1. The number of para-hydroxylation sites is 1. The Labute approximate surface area is 136 Å². The molecule has 0 spiro atoms. The third-order valence-corrected chi connectivity index (χ3v) is 5.15. The van der Waals surface area contributed by atoms with Gasteiger partial charge in [-0.25, -0.2) is 0 Å². The lowest BCUT2D eigenvalue weighted by Crippen LogP contribution is -2.46. The quantitative estimate of drug-likeness (QED) is 0.872. The van der Waals surface area contributed by atoms with Crippen LogP contribution in [-0.2, 0) is 15.0 Å². The summed E-state index contributed by atoms with van der Waals surface area (Å²) in [7, 11) is 1.69. The Bertz CT molecular complexity index is 594. The van der Waals surface area contributed by atoms with E-state index < -0.39 is 0 Å². The molecule has 124 valence electrons. The molecule has 23 heavy (non-hydrogen) atoms. The van der Waals surface area contributed by atoms with Gasteiger partial charge in [0.1, 0.15) is 11.8 Å². The summed E-state index contributed by atoms with van der Waals surface area (Å²) in [4.78, 5) is 23.6. The molecule has 2 fully saturated rings. The predicted molar refractivity (Wildman–Crippen MR) is 87.3 cm³/mol. The lowest BCUT2D eigenvalue weighted by molar-refractivity contribution is -0.125. The Hall–Kier alpha value is -2.04. The summed E-state index contributed by atoms with van der Waals surface area (Å²) in [6.07, 6.45) is 5.44. The lowest BCUT2D eigenvalue weighted by atomic mass is 9.78. The first-order valence-electron chi connectivity index (χ1n) is 8.35. The summed E-state index contributed by atoms with van der Waals surface area (Å²) in [5, 5.41) is 5.80. The van der Waals surface area contributed by atoms with Crippen LogP contribution in [0.5, 0.6) is 5.75 Å². The third-order valence-electron chi connectivity index (χ3n) is 5.15. The molecule has 1 aliphatic heterocycles. The van der Waals surface area contributed by atoms with Crippen molar-refractivity contribution in [3.8, 4) is 5.75 Å². The minimum absolute atomic E-state index is 0.0366. The van der Waals surface area contributed by atoms with Crippen LogP contribution in [0.1, 0.15) is 44.1 Å². The molecule has 0 bridgehead atoms. The fraction of sp³-hybridized carbons (Fsp3) is 0.556. The molecule has 0 radical (unpaired) electrons. The first-order chi connectivity index (χ1) is 11.1. The van der Waals surface area contributed by atoms with Crippen LogP contribution in [0, 0.1) is 0 Å². The Kier molecular flexibility index (Phi) is 4.55. The standard InChI is InChI=1S/C18H24N2O3/c1-23-15-7-3-2-6-13(15)18(10-4-5-11-18)12-19-17(22)14-8-9-16(21)20-14/h2-3,6-7,14H,4-5,8-12H2,1H3,(H,19,22)(H,20,21)/t14-/m0/s1. The minimum atomic E-state index is -0.376. The van der Waals surface area contributed by atoms with E-state index in [0.29, 0.717) is 19.4 Å². The van der Waals surface area contributed by atoms with Crippen molar-refractivity contribution < 1.29 is 14.3 Å². The molecule has 5 heteroatoms. The molecule has 1 aromatic rings. The second kappa shape index (κ2) is 6.60. The molecular weight excluding hydrogens is 292 g/mol. The average molecular weight is 316 g/mol. The molecule has 2 amide bonds. The molecule has 1 aliphatic carbocycles. The normalized spacial score (nSPS) is 22.7. The van der Waals surface area contributed by atoms with Crippen LogP contribution >= 0.6 is 0 Å². The van der Waals surface area contributed by atoms with Crippen LogP contribution in [0.3, 0.4) is 0 Å². The van der Waals surface area contributed by atoms with Gasteiger partial charge >= 0.3 is 0 Å². The van der Waals surface area contributed by atoms with Crippen molar-refractivity contribution in [2.24, 2.45) is 0 Å². The van der Waals surface area contributed by atoms with Crippen molar-refractivity contribution in [3.05, 3.63) is 29.8 Å². The number of hydrogen-bond donors (Lipinski definition) is 2. The number of methoxy groups -OCH3 is 1. The maximum atomic E-state index is 12.3. The van der Waals surface area contributed by atoms with E-state index in [1.807, 2.05) is 18.2 Å². The number of hydrogen-bond acceptors (Lipinski definition) is 3. The third kappa shape index (κ3) is 3.19. The van der Waals surface area contributed by atoms with E-state index in [1.54, 1.807) is 7.11 Å².